The van der Waals surface area contributed by atoms with Crippen LogP contribution >= 0.6 is 0 Å². The molecule has 1 N–H and O–H groups in total. The molecule has 29 heavy (non-hydrogen) atoms. The van der Waals surface area contributed by atoms with Crippen molar-refractivity contribution in [3.8, 4) is 11.1 Å². The lowest BCUT2D eigenvalue weighted by Crippen LogP contribution is -2.48. The minimum atomic E-state index is -3.35. The molecular weight excluding hydrogens is 384 g/mol. The molecule has 0 aromatic heterocycles. The van der Waals surface area contributed by atoms with Crippen LogP contribution in [-0.2, 0) is 21.2 Å². The van der Waals surface area contributed by atoms with Crippen LogP contribution in [0.3, 0.4) is 0 Å². The zero-order valence-electron chi connectivity index (χ0n) is 17.6. The van der Waals surface area contributed by atoms with E-state index in [9.17, 15) is 13.2 Å². The van der Waals surface area contributed by atoms with Gasteiger partial charge in [-0.2, -0.15) is 0 Å². The van der Waals surface area contributed by atoms with Gasteiger partial charge in [-0.25, -0.2) is 13.1 Å². The third-order valence-electron chi connectivity index (χ3n) is 5.41. The molecule has 1 aliphatic heterocycles. The van der Waals surface area contributed by atoms with E-state index < -0.39 is 10.0 Å². The van der Waals surface area contributed by atoms with E-state index in [1.165, 1.54) is 11.8 Å². The van der Waals surface area contributed by atoms with E-state index in [1.807, 2.05) is 36.9 Å². The molecule has 2 atom stereocenters. The zero-order valence-corrected chi connectivity index (χ0v) is 18.4. The number of likely N-dealkylation sites (tertiary alicyclic amines) is 1. The molecule has 156 valence electrons. The summed E-state index contributed by atoms with van der Waals surface area (Å²) in [5.41, 5.74) is 4.57. The minimum Gasteiger partial charge on any atom is -0.337 e. The second-order valence-corrected chi connectivity index (χ2v) is 10.1. The van der Waals surface area contributed by atoms with Gasteiger partial charge in [0.1, 0.15) is 0 Å². The second-order valence-electron chi connectivity index (χ2n) is 8.31. The smallest absolute Gasteiger partial charge is 0.225 e. The first-order chi connectivity index (χ1) is 13.6. The highest BCUT2D eigenvalue weighted by atomic mass is 32.2. The van der Waals surface area contributed by atoms with Gasteiger partial charge in [0.2, 0.25) is 15.9 Å². The molecule has 0 bridgehead atoms. The number of hydrogen-bond acceptors (Lipinski definition) is 3. The summed E-state index contributed by atoms with van der Waals surface area (Å²) in [4.78, 5) is 14.6. The van der Waals surface area contributed by atoms with Crippen LogP contribution in [0.2, 0.25) is 0 Å². The van der Waals surface area contributed by atoms with Gasteiger partial charge in [-0.05, 0) is 36.5 Å². The van der Waals surface area contributed by atoms with Crippen LogP contribution in [0, 0.1) is 12.8 Å². The summed E-state index contributed by atoms with van der Waals surface area (Å²) in [6.45, 7) is 6.42. The number of benzene rings is 2. The van der Waals surface area contributed by atoms with Gasteiger partial charge in [-0.15, -0.1) is 0 Å². The molecule has 0 unspecified atom stereocenters. The first-order valence-electron chi connectivity index (χ1n) is 10.1. The van der Waals surface area contributed by atoms with Crippen molar-refractivity contribution in [2.24, 2.45) is 5.92 Å². The number of carbonyl (C=O) groups is 1. The fraction of sp³-hybridized carbons (Fsp3) is 0.435. The Morgan fingerprint density at radius 3 is 2.41 bits per heavy atom. The van der Waals surface area contributed by atoms with Crippen LogP contribution in [0.5, 0.6) is 0 Å². The van der Waals surface area contributed by atoms with Crippen molar-refractivity contribution in [2.75, 3.05) is 12.8 Å². The molecule has 6 heteroatoms. The average molecular weight is 415 g/mol. The maximum atomic E-state index is 12.7. The Balaban J connectivity index is 1.89. The van der Waals surface area contributed by atoms with Crippen LogP contribution in [0.25, 0.3) is 11.1 Å². The molecule has 3 rings (SSSR count). The fourth-order valence-electron chi connectivity index (χ4n) is 4.07. The predicted octanol–water partition coefficient (Wildman–Crippen LogP) is 3.38. The normalized spacial score (nSPS) is 19.7. The number of nitrogens with zero attached hydrogens (tertiary/aromatic N) is 1. The van der Waals surface area contributed by atoms with Gasteiger partial charge in [0.25, 0.3) is 0 Å². The summed E-state index contributed by atoms with van der Waals surface area (Å²) >= 11 is 0. The lowest BCUT2D eigenvalue weighted by Gasteiger charge is -2.30. The highest BCUT2D eigenvalue weighted by molar-refractivity contribution is 7.88. The van der Waals surface area contributed by atoms with E-state index in [-0.39, 0.29) is 23.9 Å². The Hall–Kier alpha value is -2.18. The van der Waals surface area contributed by atoms with Crippen LogP contribution in [0.15, 0.2) is 48.5 Å². The number of aryl methyl sites for hydroxylation is 1. The van der Waals surface area contributed by atoms with Gasteiger partial charge in [0, 0.05) is 18.5 Å². The van der Waals surface area contributed by atoms with Crippen LogP contribution in [0.4, 0.5) is 0 Å². The van der Waals surface area contributed by atoms with Gasteiger partial charge in [0.05, 0.1) is 12.3 Å². The molecule has 5 nitrogen and oxygen atoms in total. The van der Waals surface area contributed by atoms with E-state index in [4.69, 9.17) is 0 Å². The van der Waals surface area contributed by atoms with Gasteiger partial charge < -0.3 is 4.90 Å². The molecule has 1 heterocycles. The molecule has 2 aromatic rings. The Kier molecular flexibility index (Phi) is 6.44. The second kappa shape index (κ2) is 8.67. The topological polar surface area (TPSA) is 66.5 Å². The lowest BCUT2D eigenvalue weighted by molar-refractivity contribution is -0.135. The van der Waals surface area contributed by atoms with Crippen molar-refractivity contribution in [1.29, 1.82) is 0 Å². The molecule has 0 radical (unpaired) electrons. The summed E-state index contributed by atoms with van der Waals surface area (Å²) in [5, 5.41) is 0. The Labute approximate surface area is 174 Å². The maximum Gasteiger partial charge on any atom is 0.225 e. The standard InChI is InChI=1S/C23H30N2O3S/c1-16(2)23(26)25-12-11-21(24-29(4,27)28)22(25)15-18-8-6-10-20(14-18)19-9-5-7-17(3)13-19/h5-10,13-14,16,21-22,24H,11-12,15H2,1-4H3/t21-,22-/m1/s1. The summed E-state index contributed by atoms with van der Waals surface area (Å²) in [7, 11) is -3.35. The van der Waals surface area contributed by atoms with Crippen molar-refractivity contribution in [1.82, 2.24) is 9.62 Å². The number of sulfonamides is 1. The molecule has 1 saturated heterocycles. The Morgan fingerprint density at radius 2 is 1.79 bits per heavy atom. The Morgan fingerprint density at radius 1 is 1.14 bits per heavy atom. The van der Waals surface area contributed by atoms with Gasteiger partial charge in [-0.1, -0.05) is 67.9 Å². The minimum absolute atomic E-state index is 0.0719. The Bertz CT molecular complexity index is 985. The lowest BCUT2D eigenvalue weighted by atomic mass is 9.96. The molecule has 1 amide bonds. The van der Waals surface area contributed by atoms with Crippen molar-refractivity contribution >= 4 is 15.9 Å². The van der Waals surface area contributed by atoms with E-state index in [0.29, 0.717) is 19.4 Å². The predicted molar refractivity (Wildman–Crippen MR) is 117 cm³/mol. The van der Waals surface area contributed by atoms with E-state index in [2.05, 4.69) is 42.0 Å². The summed E-state index contributed by atoms with van der Waals surface area (Å²) in [6.07, 6.45) is 2.43. The molecular formula is C23H30N2O3S. The van der Waals surface area contributed by atoms with Crippen LogP contribution < -0.4 is 4.72 Å². The SMILES string of the molecule is Cc1cccc(-c2cccc(C[C@@H]3[C@H](NS(C)(=O)=O)CCN3C(=O)C(C)C)c2)c1. The highest BCUT2D eigenvalue weighted by Crippen LogP contribution is 2.27. The quantitative estimate of drug-likeness (QED) is 0.788. The van der Waals surface area contributed by atoms with E-state index >= 15 is 0 Å². The zero-order chi connectivity index (χ0) is 21.2. The molecule has 0 spiro atoms. The first-order valence-corrected chi connectivity index (χ1v) is 12.0. The molecule has 1 aliphatic rings. The van der Waals surface area contributed by atoms with Crippen LogP contribution in [0.1, 0.15) is 31.4 Å². The third-order valence-corrected chi connectivity index (χ3v) is 6.14. The molecule has 1 fully saturated rings. The molecule has 0 saturated carbocycles. The monoisotopic (exact) mass is 414 g/mol. The summed E-state index contributed by atoms with van der Waals surface area (Å²) in [5.74, 6) is -0.0456. The average Bonchev–Trinajstić information content (AvgIpc) is 3.01. The highest BCUT2D eigenvalue weighted by Gasteiger charge is 2.38. The largest absolute Gasteiger partial charge is 0.337 e. The number of carbonyl (C=O) groups excluding carboxylic acids is 1. The van der Waals surface area contributed by atoms with Gasteiger partial charge >= 0.3 is 0 Å². The van der Waals surface area contributed by atoms with Gasteiger partial charge in [0.15, 0.2) is 0 Å². The fourth-order valence-corrected chi connectivity index (χ4v) is 4.89. The molecule has 0 aliphatic carbocycles. The molecule has 2 aromatic carbocycles. The number of nitrogens with one attached hydrogen (secondary N) is 1. The van der Waals surface area contributed by atoms with Crippen molar-refractivity contribution < 1.29 is 13.2 Å². The summed E-state index contributed by atoms with van der Waals surface area (Å²) in [6, 6.07) is 16.2. The first kappa shape index (κ1) is 21.5. The number of rotatable bonds is 6. The van der Waals surface area contributed by atoms with Gasteiger partial charge in [-0.3, -0.25) is 4.79 Å². The number of amides is 1. The maximum absolute atomic E-state index is 12.7. The van der Waals surface area contributed by atoms with Crippen molar-refractivity contribution in [3.05, 3.63) is 59.7 Å². The van der Waals surface area contributed by atoms with E-state index in [1.54, 1.807) is 0 Å². The number of hydrogen-bond donors (Lipinski definition) is 1. The third kappa shape index (κ3) is 5.46. The van der Waals surface area contributed by atoms with Crippen LogP contribution in [-0.4, -0.2) is 44.1 Å². The van der Waals surface area contributed by atoms with Crippen molar-refractivity contribution in [3.63, 3.8) is 0 Å². The summed E-state index contributed by atoms with van der Waals surface area (Å²) < 4.78 is 26.4. The van der Waals surface area contributed by atoms with Crippen molar-refractivity contribution in [2.45, 2.75) is 45.7 Å². The van der Waals surface area contributed by atoms with E-state index in [0.717, 1.165) is 16.7 Å².